The van der Waals surface area contributed by atoms with Crippen LogP contribution in [0.5, 0.6) is 0 Å². The number of nitrogens with one attached hydrogen (secondary N) is 1. The molecule has 12 aliphatic carbocycles. The molecule has 3 radical (unpaired) electrons. The van der Waals surface area contributed by atoms with Gasteiger partial charge >= 0.3 is 24.9 Å². The molecule has 373 valence electrons. The minimum Gasteiger partial charge on any atom is -0.577 e. The molecule has 0 saturated heterocycles. The van der Waals surface area contributed by atoms with E-state index in [0.717, 1.165) is 108 Å². The molecule has 0 amide bonds. The fourth-order valence-electron chi connectivity index (χ4n) is 15.4. The fourth-order valence-corrected chi connectivity index (χ4v) is 15.4. The van der Waals surface area contributed by atoms with Crippen LogP contribution in [-0.2, 0) is 9.59 Å². The van der Waals surface area contributed by atoms with Gasteiger partial charge in [0.2, 0.25) is 0 Å². The van der Waals surface area contributed by atoms with Gasteiger partial charge in [-0.05, 0) is 220 Å². The van der Waals surface area contributed by atoms with Crippen LogP contribution in [0.15, 0.2) is 36.5 Å². The van der Waals surface area contributed by atoms with E-state index in [4.69, 9.17) is 29.1 Å². The van der Waals surface area contributed by atoms with Crippen molar-refractivity contribution in [2.75, 3.05) is 0 Å². The number of carboxylic acid groups (broad SMARTS) is 2. The summed E-state index contributed by atoms with van der Waals surface area (Å²) in [6, 6.07) is 2.09. The molecule has 5 N–H and O–H groups in total. The molecule has 0 aliphatic heterocycles. The molecular weight excluding hydrogens is 853 g/mol. The topological polar surface area (TPSA) is 124 Å². The predicted molar refractivity (Wildman–Crippen MR) is 288 cm³/mol. The second kappa shape index (κ2) is 28.1. The van der Waals surface area contributed by atoms with Gasteiger partial charge in [0.15, 0.2) is 7.85 Å². The van der Waals surface area contributed by atoms with Crippen molar-refractivity contribution in [1.29, 1.82) is 5.31 Å². The number of aliphatic carboxylic acids is 2. The summed E-state index contributed by atoms with van der Waals surface area (Å²) in [6.45, 7) is 19.1. The van der Waals surface area contributed by atoms with E-state index in [2.05, 4.69) is 135 Å². The predicted octanol–water partition coefficient (Wildman–Crippen LogP) is 13.0. The van der Waals surface area contributed by atoms with Crippen LogP contribution in [0.3, 0.4) is 0 Å². The molecule has 68 heavy (non-hydrogen) atoms. The van der Waals surface area contributed by atoms with E-state index in [9.17, 15) is 9.59 Å². The maximum Gasteiger partial charge on any atom is 0.189 e. The Morgan fingerprint density at radius 2 is 0.956 bits per heavy atom. The van der Waals surface area contributed by atoms with Crippen LogP contribution in [-0.4, -0.2) is 37.6 Å². The summed E-state index contributed by atoms with van der Waals surface area (Å²) < 4.78 is 0. The van der Waals surface area contributed by atoms with Crippen LogP contribution in [0.1, 0.15) is 153 Å². The van der Waals surface area contributed by atoms with Crippen molar-refractivity contribution >= 4 is 37.3 Å². The van der Waals surface area contributed by atoms with Crippen LogP contribution in [0.25, 0.3) is 0 Å². The summed E-state index contributed by atoms with van der Waals surface area (Å²) in [5.41, 5.74) is 4.77. The van der Waals surface area contributed by atoms with Gasteiger partial charge in [-0.2, -0.15) is 5.82 Å². The number of hydrogen-bond acceptors (Lipinski definition) is 4. The molecule has 12 rings (SSSR count). The van der Waals surface area contributed by atoms with Gasteiger partial charge in [0.05, 0.1) is 11.8 Å². The summed E-state index contributed by atoms with van der Waals surface area (Å²) in [6.07, 6.45) is 32.9. The molecule has 9 fully saturated rings. The van der Waals surface area contributed by atoms with Gasteiger partial charge in [-0.3, -0.25) is 9.59 Å². The Labute approximate surface area is 421 Å². The fraction of sp³-hybridized carbons (Fsp3) is 0.763. The SMILES string of the molecule is C.C1=CC2CCC1C2.CC1C2CC(C(=O)O)C(C2)C1C.CC1C2CCC(C2)C1C.CC1CC2C=CC1C2.CC1CC2CC1C(C)C2C.O=C(O)C1CC2C=CC1C2.[B]=N.[B]C#CC#CC#CN.[PH2-]. The number of nitrogens with two attached hydrogens (primary N) is 1. The maximum atomic E-state index is 10.8. The standard InChI is InChI=1S/C10H16O2.C10H18.C9H16.C8H10O2.C8H12.C7H10.C6H2BN.CH4.BHN.H2P/c1-5-6(2)8-3-7(5)4-9(8)10(11)12;1-6-4-9-5-10(6)8(3)7(9)2;1-6-7(2)9-4-3-8(6)5-9;9-8(10)7-4-5-1-2-6(7)3-5;1-6-4-7-2-3-8(6)5-7;1-2-7-4-3-6(1)5-7;7-5-3-1-2-4-6-8;;1-2;/h5-9H,3-4H2,1-2H3,(H,11,12);6-10H,4-5H2,1-3H3;6-9H,3-5H2,1-2H3;1-2,5-7H,3-4H2,(H,9,10);2-3,6-8H,4-5H2,1H3;1-2,6-7H,3-5H2;8H2;1H4;2H;1H2/q;;;;;;;;;-1. The number of carboxylic acids is 2. The van der Waals surface area contributed by atoms with Crippen molar-refractivity contribution in [1.82, 2.24) is 0 Å². The van der Waals surface area contributed by atoms with Gasteiger partial charge in [0, 0.05) is 17.9 Å². The maximum absolute atomic E-state index is 10.8. The van der Waals surface area contributed by atoms with Crippen molar-refractivity contribution in [2.24, 2.45) is 136 Å². The quantitative estimate of drug-likeness (QED) is 0.0722. The summed E-state index contributed by atoms with van der Waals surface area (Å²) >= 11 is 0. The first kappa shape index (κ1) is 59.3. The number of fused-ring (bicyclic) bond motifs is 12. The smallest absolute Gasteiger partial charge is 0.189 e. The van der Waals surface area contributed by atoms with Crippen molar-refractivity contribution in [3.8, 4) is 35.5 Å². The number of hydrogen-bond donors (Lipinski definition) is 4. The van der Waals surface area contributed by atoms with E-state index in [1.807, 2.05) is 0 Å². The van der Waals surface area contributed by atoms with E-state index >= 15 is 0 Å². The van der Waals surface area contributed by atoms with Crippen LogP contribution < -0.4 is 5.73 Å². The molecule has 22 atom stereocenters. The number of allylic oxidation sites excluding steroid dienone is 6. The zero-order valence-electron chi connectivity index (χ0n) is 42.6. The number of carbonyl (C=O) groups is 2. The zero-order valence-corrected chi connectivity index (χ0v) is 43.7. The number of rotatable bonds is 2. The summed E-state index contributed by atoms with van der Waals surface area (Å²) in [5, 5.41) is 22.9. The minimum atomic E-state index is -0.614. The van der Waals surface area contributed by atoms with Crippen LogP contribution >= 0.6 is 9.90 Å². The third-order valence-corrected chi connectivity index (χ3v) is 20.0. The average molecular weight is 945 g/mol. The Morgan fingerprint density at radius 1 is 0.485 bits per heavy atom. The first-order chi connectivity index (χ1) is 31.6. The van der Waals surface area contributed by atoms with E-state index in [-0.39, 0.29) is 29.2 Å². The van der Waals surface area contributed by atoms with E-state index in [0.29, 0.717) is 29.6 Å². The molecule has 0 aromatic carbocycles. The van der Waals surface area contributed by atoms with E-state index in [1.165, 1.54) is 57.8 Å². The van der Waals surface area contributed by atoms with Gasteiger partial charge in [0.25, 0.3) is 0 Å². The van der Waals surface area contributed by atoms with Crippen LogP contribution in [0, 0.1) is 171 Å². The molecule has 9 heteroatoms. The minimum absolute atomic E-state index is 0. The molecule has 6 nitrogen and oxygen atoms in total. The van der Waals surface area contributed by atoms with Crippen molar-refractivity contribution in [2.45, 2.75) is 153 Å². The second-order valence-electron chi connectivity index (χ2n) is 23.2. The van der Waals surface area contributed by atoms with Gasteiger partial charge in [0.1, 0.15) is 0 Å². The Hall–Kier alpha value is -3.00. The van der Waals surface area contributed by atoms with Gasteiger partial charge < -0.3 is 25.8 Å². The van der Waals surface area contributed by atoms with E-state index < -0.39 is 11.9 Å². The van der Waals surface area contributed by atoms with Gasteiger partial charge in [-0.1, -0.05) is 99.3 Å². The van der Waals surface area contributed by atoms with Crippen LogP contribution in [0.2, 0.25) is 0 Å². The molecule has 0 aromatic rings. The molecule has 0 aromatic heterocycles. The van der Waals surface area contributed by atoms with E-state index in [1.54, 1.807) is 12.8 Å². The first-order valence-corrected chi connectivity index (χ1v) is 26.3. The third-order valence-electron chi connectivity index (χ3n) is 20.0. The summed E-state index contributed by atoms with van der Waals surface area (Å²) in [4.78, 5) is 21.4. The Kier molecular flexibility index (Phi) is 24.5. The van der Waals surface area contributed by atoms with Crippen molar-refractivity contribution in [3.05, 3.63) is 36.5 Å². The molecule has 12 aliphatic rings. The second-order valence-corrected chi connectivity index (χ2v) is 23.2. The molecule has 12 bridgehead atoms. The van der Waals surface area contributed by atoms with Crippen LogP contribution in [0.4, 0.5) is 0 Å². The largest absolute Gasteiger partial charge is 0.577 e. The van der Waals surface area contributed by atoms with Crippen molar-refractivity contribution < 1.29 is 19.8 Å². The molecule has 0 heterocycles. The molecule has 9 saturated carbocycles. The van der Waals surface area contributed by atoms with Gasteiger partial charge in [-0.25, -0.2) is 0 Å². The monoisotopic (exact) mass is 945 g/mol. The average Bonchev–Trinajstić information content (AvgIpc) is 4.17. The van der Waals surface area contributed by atoms with Gasteiger partial charge in [-0.15, -0.1) is 0 Å². The third kappa shape index (κ3) is 15.0. The zero-order chi connectivity index (χ0) is 48.2. The Balaban J connectivity index is 0.000000209. The Morgan fingerprint density at radius 3 is 1.24 bits per heavy atom. The first-order valence-electron chi connectivity index (χ1n) is 26.3. The normalized spacial score (nSPS) is 42.8. The Bertz CT molecular complexity index is 1840. The summed E-state index contributed by atoms with van der Waals surface area (Å²) in [5.74, 6) is 28.1. The van der Waals surface area contributed by atoms with Crippen molar-refractivity contribution in [3.63, 3.8) is 0 Å². The molecular formula is C59H91B2N2O4P-. The molecule has 22 unspecified atom stereocenters. The molecule has 0 spiro atoms. The summed E-state index contributed by atoms with van der Waals surface area (Å²) in [7, 11) is 8.52.